The van der Waals surface area contributed by atoms with E-state index in [-0.39, 0.29) is 5.91 Å². The van der Waals surface area contributed by atoms with Gasteiger partial charge >= 0.3 is 5.97 Å². The molecule has 1 N–H and O–H groups in total. The van der Waals surface area contributed by atoms with E-state index < -0.39 is 5.97 Å². The zero-order valence-electron chi connectivity index (χ0n) is 18.5. The Morgan fingerprint density at radius 1 is 1.06 bits per heavy atom. The van der Waals surface area contributed by atoms with E-state index in [4.69, 9.17) is 21.1 Å². The first-order valence-electron chi connectivity index (χ1n) is 10.5. The molecule has 4 rings (SSSR count). The summed E-state index contributed by atoms with van der Waals surface area (Å²) in [6, 6.07) is 19.3. The number of hydrogen-bond donors (Lipinski definition) is 1. The average Bonchev–Trinajstić information content (AvgIpc) is 3.16. The van der Waals surface area contributed by atoms with Gasteiger partial charge in [-0.25, -0.2) is 9.79 Å². The van der Waals surface area contributed by atoms with Crippen molar-refractivity contribution >= 4 is 52.2 Å². The highest BCUT2D eigenvalue weighted by atomic mass is 35.5. The molecule has 6 nitrogen and oxygen atoms in total. The largest absolute Gasteiger partial charge is 0.490 e. The lowest BCUT2D eigenvalue weighted by Crippen LogP contribution is -2.19. The zero-order valence-corrected chi connectivity index (χ0v) is 20.1. The minimum absolute atomic E-state index is 0.245. The fourth-order valence-electron chi connectivity index (χ4n) is 3.08. The molecule has 34 heavy (non-hydrogen) atoms. The maximum absolute atomic E-state index is 12.5. The summed E-state index contributed by atoms with van der Waals surface area (Å²) in [5.41, 5.74) is 2.92. The molecule has 0 saturated carbocycles. The Labute approximate surface area is 206 Å². The molecular weight excluding hydrogens is 472 g/mol. The highest BCUT2D eigenvalue weighted by Crippen LogP contribution is 2.33. The van der Waals surface area contributed by atoms with Crippen LogP contribution in [-0.4, -0.2) is 23.7 Å². The Morgan fingerprint density at radius 3 is 2.50 bits per heavy atom. The molecular formula is C26H21ClN2O4S. The third-order valence-corrected chi connectivity index (χ3v) is 5.93. The molecule has 0 radical (unpaired) electrons. The predicted octanol–water partition coefficient (Wildman–Crippen LogP) is 6.16. The van der Waals surface area contributed by atoms with Gasteiger partial charge in [-0.15, -0.1) is 0 Å². The van der Waals surface area contributed by atoms with Gasteiger partial charge in [0.05, 0.1) is 22.8 Å². The van der Waals surface area contributed by atoms with E-state index >= 15 is 0 Å². The summed E-state index contributed by atoms with van der Waals surface area (Å²) < 4.78 is 11.3. The number of amidine groups is 1. The van der Waals surface area contributed by atoms with Crippen molar-refractivity contribution in [1.82, 2.24) is 5.32 Å². The van der Waals surface area contributed by atoms with Crippen molar-refractivity contribution in [3.8, 4) is 11.5 Å². The number of hydrogen-bond acceptors (Lipinski definition) is 6. The third kappa shape index (κ3) is 5.87. The summed E-state index contributed by atoms with van der Waals surface area (Å²) in [7, 11) is 0. The Hall–Kier alpha value is -3.55. The molecule has 1 amide bonds. The molecule has 0 unspecified atom stereocenters. The summed E-state index contributed by atoms with van der Waals surface area (Å²) in [4.78, 5) is 29.9. The van der Waals surface area contributed by atoms with Gasteiger partial charge < -0.3 is 14.8 Å². The van der Waals surface area contributed by atoms with Gasteiger partial charge in [0.2, 0.25) is 0 Å². The Kier molecular flexibility index (Phi) is 7.35. The second kappa shape index (κ2) is 10.6. The number of nitrogens with zero attached hydrogens (tertiary/aromatic N) is 1. The van der Waals surface area contributed by atoms with Crippen molar-refractivity contribution in [3.05, 3.63) is 93.3 Å². The quantitative estimate of drug-likeness (QED) is 0.253. The van der Waals surface area contributed by atoms with Crippen LogP contribution in [0.4, 0.5) is 5.69 Å². The highest BCUT2D eigenvalue weighted by Gasteiger charge is 2.24. The summed E-state index contributed by atoms with van der Waals surface area (Å²) >= 11 is 7.14. The van der Waals surface area contributed by atoms with Gasteiger partial charge in [-0.3, -0.25) is 4.79 Å². The smallest absolute Gasteiger partial charge is 0.343 e. The molecule has 8 heteroatoms. The van der Waals surface area contributed by atoms with Crippen molar-refractivity contribution in [3.63, 3.8) is 0 Å². The predicted molar refractivity (Wildman–Crippen MR) is 136 cm³/mol. The third-order valence-electron chi connectivity index (χ3n) is 4.76. The molecule has 1 saturated heterocycles. The summed E-state index contributed by atoms with van der Waals surface area (Å²) in [6.07, 6.45) is 1.73. The lowest BCUT2D eigenvalue weighted by Gasteiger charge is -2.11. The molecule has 1 aliphatic rings. The molecule has 1 heterocycles. The molecule has 3 aromatic rings. The van der Waals surface area contributed by atoms with Crippen molar-refractivity contribution in [1.29, 1.82) is 0 Å². The molecule has 0 spiro atoms. The van der Waals surface area contributed by atoms with E-state index in [1.54, 1.807) is 60.7 Å². The van der Waals surface area contributed by atoms with E-state index in [1.165, 1.54) is 11.8 Å². The second-order valence-electron chi connectivity index (χ2n) is 7.35. The molecule has 3 aromatic carbocycles. The second-order valence-corrected chi connectivity index (χ2v) is 8.82. The monoisotopic (exact) mass is 492 g/mol. The molecule has 1 fully saturated rings. The van der Waals surface area contributed by atoms with Crippen LogP contribution in [0.2, 0.25) is 5.02 Å². The average molecular weight is 493 g/mol. The van der Waals surface area contributed by atoms with E-state index in [9.17, 15) is 9.59 Å². The minimum Gasteiger partial charge on any atom is -0.490 e. The molecule has 0 aliphatic carbocycles. The van der Waals surface area contributed by atoms with Crippen LogP contribution in [0.25, 0.3) is 6.08 Å². The fourth-order valence-corrected chi connectivity index (χ4v) is 4.05. The van der Waals surface area contributed by atoms with E-state index in [2.05, 4.69) is 10.3 Å². The van der Waals surface area contributed by atoms with Crippen LogP contribution in [0, 0.1) is 6.92 Å². The van der Waals surface area contributed by atoms with Gasteiger partial charge in [-0.05, 0) is 85.8 Å². The number of nitrogens with one attached hydrogen (secondary N) is 1. The van der Waals surface area contributed by atoms with Gasteiger partial charge in [0.25, 0.3) is 5.91 Å². The molecule has 0 aromatic heterocycles. The topological polar surface area (TPSA) is 77.0 Å². The Bertz CT molecular complexity index is 1290. The zero-order chi connectivity index (χ0) is 24.1. The van der Waals surface area contributed by atoms with Gasteiger partial charge in [0.15, 0.2) is 16.7 Å². The van der Waals surface area contributed by atoms with Crippen LogP contribution in [0.5, 0.6) is 11.5 Å². The van der Waals surface area contributed by atoms with Crippen molar-refractivity contribution in [2.45, 2.75) is 13.8 Å². The Morgan fingerprint density at radius 2 is 1.79 bits per heavy atom. The van der Waals surface area contributed by atoms with Crippen LogP contribution in [-0.2, 0) is 4.79 Å². The first-order chi connectivity index (χ1) is 16.4. The number of halogens is 1. The molecule has 0 bridgehead atoms. The van der Waals surface area contributed by atoms with Crippen LogP contribution in [0.1, 0.15) is 28.4 Å². The normalized spacial score (nSPS) is 15.4. The number of aliphatic imine (C=N–C) groups is 1. The van der Waals surface area contributed by atoms with Crippen molar-refractivity contribution in [2.75, 3.05) is 6.61 Å². The summed E-state index contributed by atoms with van der Waals surface area (Å²) in [5.74, 6) is 0.00486. The minimum atomic E-state index is -0.471. The van der Waals surface area contributed by atoms with Crippen LogP contribution >= 0.6 is 23.4 Å². The number of aryl methyl sites for hydroxylation is 1. The van der Waals surface area contributed by atoms with Crippen molar-refractivity contribution < 1.29 is 19.1 Å². The number of amides is 1. The number of rotatable bonds is 6. The lowest BCUT2D eigenvalue weighted by atomic mass is 10.1. The highest BCUT2D eigenvalue weighted by molar-refractivity contribution is 8.18. The summed E-state index contributed by atoms with van der Waals surface area (Å²) in [6.45, 7) is 4.18. The molecule has 172 valence electrons. The van der Waals surface area contributed by atoms with Crippen LogP contribution < -0.4 is 14.8 Å². The first-order valence-corrected chi connectivity index (χ1v) is 11.7. The standard InChI is InChI=1S/C26H21ClN2O4S/c1-3-32-22-14-17(6-13-21(22)33-25(31)18-7-4-16(2)5-8-18)15-23-24(30)29-26(34-23)28-20-11-9-19(27)10-12-20/h4-15H,3H2,1-2H3,(H,28,29,30)/b23-15-. The Balaban J connectivity index is 1.53. The maximum Gasteiger partial charge on any atom is 0.343 e. The maximum atomic E-state index is 12.5. The summed E-state index contributed by atoms with van der Waals surface area (Å²) in [5, 5.41) is 3.85. The van der Waals surface area contributed by atoms with Gasteiger partial charge in [-0.2, -0.15) is 0 Å². The van der Waals surface area contributed by atoms with Crippen LogP contribution in [0.3, 0.4) is 0 Å². The first kappa shape index (κ1) is 23.6. The number of ether oxygens (including phenoxy) is 2. The van der Waals surface area contributed by atoms with E-state index in [0.717, 1.165) is 11.1 Å². The van der Waals surface area contributed by atoms with Gasteiger partial charge in [0, 0.05) is 5.02 Å². The van der Waals surface area contributed by atoms with Gasteiger partial charge in [-0.1, -0.05) is 35.4 Å². The van der Waals surface area contributed by atoms with E-state index in [1.807, 2.05) is 26.0 Å². The van der Waals surface area contributed by atoms with E-state index in [0.29, 0.717) is 44.5 Å². The number of carbonyl (C=O) groups is 2. The fraction of sp³-hybridized carbons (Fsp3) is 0.115. The number of thioether (sulfide) groups is 1. The molecule has 1 aliphatic heterocycles. The van der Waals surface area contributed by atoms with Crippen molar-refractivity contribution in [2.24, 2.45) is 4.99 Å². The van der Waals surface area contributed by atoms with Gasteiger partial charge in [0.1, 0.15) is 0 Å². The SMILES string of the molecule is CCOc1cc(/C=C2\SC(=Nc3ccc(Cl)cc3)NC2=O)ccc1OC(=O)c1ccc(C)cc1. The molecule has 0 atom stereocenters. The van der Waals surface area contributed by atoms with Crippen LogP contribution in [0.15, 0.2) is 76.6 Å². The number of esters is 1. The number of benzene rings is 3. The number of carbonyl (C=O) groups excluding carboxylic acids is 2. The lowest BCUT2D eigenvalue weighted by molar-refractivity contribution is -0.115.